The molecule has 0 bridgehead atoms. The second kappa shape index (κ2) is 16.5. The van der Waals surface area contributed by atoms with Gasteiger partial charge in [-0.2, -0.15) is 12.6 Å². The summed E-state index contributed by atoms with van der Waals surface area (Å²) in [7, 11) is 0. The number of benzene rings is 2. The fourth-order valence-electron chi connectivity index (χ4n) is 3.61. The maximum atomic E-state index is 11.8. The number of carbonyl (C=O) groups is 1. The van der Waals surface area contributed by atoms with Gasteiger partial charge in [-0.1, -0.05) is 35.9 Å². The summed E-state index contributed by atoms with van der Waals surface area (Å²) in [6.07, 6.45) is 9.98. The highest BCUT2D eigenvalue weighted by atomic mass is 35.5. The van der Waals surface area contributed by atoms with Crippen molar-refractivity contribution in [2.24, 2.45) is 5.73 Å². The maximum absolute atomic E-state index is 11.8. The fourth-order valence-corrected chi connectivity index (χ4v) is 4.01. The van der Waals surface area contributed by atoms with Gasteiger partial charge >= 0.3 is 0 Å². The SMILES string of the molecule is CCN(CCCC/C=C/CCCS)c1cc(C(N)=O)ccc1OCCNCc1cccc(Cl)c1. The van der Waals surface area contributed by atoms with Gasteiger partial charge in [-0.3, -0.25) is 4.79 Å². The van der Waals surface area contributed by atoms with E-state index in [2.05, 4.69) is 41.9 Å². The lowest BCUT2D eigenvalue weighted by Gasteiger charge is -2.26. The Morgan fingerprint density at radius 3 is 2.65 bits per heavy atom. The molecule has 34 heavy (non-hydrogen) atoms. The highest BCUT2D eigenvalue weighted by molar-refractivity contribution is 7.80. The van der Waals surface area contributed by atoms with Crippen LogP contribution < -0.4 is 20.7 Å². The second-order valence-corrected chi connectivity index (χ2v) is 9.00. The first-order valence-electron chi connectivity index (χ1n) is 12.1. The van der Waals surface area contributed by atoms with Crippen LogP contribution in [0.3, 0.4) is 0 Å². The van der Waals surface area contributed by atoms with Crippen LogP contribution in [-0.2, 0) is 6.54 Å². The molecule has 0 aliphatic heterocycles. The summed E-state index contributed by atoms with van der Waals surface area (Å²) in [5.74, 6) is 1.27. The number of nitrogens with two attached hydrogens (primary N) is 1. The molecule has 0 fully saturated rings. The molecule has 0 unspecified atom stereocenters. The van der Waals surface area contributed by atoms with Crippen molar-refractivity contribution in [3.63, 3.8) is 0 Å². The predicted molar refractivity (Wildman–Crippen MR) is 148 cm³/mol. The first-order chi connectivity index (χ1) is 16.5. The quantitative estimate of drug-likeness (QED) is 0.143. The molecule has 0 aliphatic rings. The molecule has 2 rings (SSSR count). The molecule has 0 atom stereocenters. The van der Waals surface area contributed by atoms with E-state index >= 15 is 0 Å². The Hall–Kier alpha value is -2.15. The lowest BCUT2D eigenvalue weighted by Crippen LogP contribution is -2.26. The third kappa shape index (κ3) is 10.4. The lowest BCUT2D eigenvalue weighted by atomic mass is 10.1. The second-order valence-electron chi connectivity index (χ2n) is 8.11. The van der Waals surface area contributed by atoms with Crippen LogP contribution in [0.15, 0.2) is 54.6 Å². The van der Waals surface area contributed by atoms with Crippen LogP contribution in [0, 0.1) is 0 Å². The molecule has 0 aromatic heterocycles. The molecule has 0 saturated carbocycles. The molecule has 2 aromatic rings. The largest absolute Gasteiger partial charge is 0.490 e. The van der Waals surface area contributed by atoms with Crippen molar-refractivity contribution in [2.45, 2.75) is 45.6 Å². The van der Waals surface area contributed by atoms with Gasteiger partial charge in [0, 0.05) is 36.8 Å². The summed E-state index contributed by atoms with van der Waals surface area (Å²) >= 11 is 10.3. The maximum Gasteiger partial charge on any atom is 0.248 e. The summed E-state index contributed by atoms with van der Waals surface area (Å²) in [4.78, 5) is 14.0. The number of thiol groups is 1. The van der Waals surface area contributed by atoms with Gasteiger partial charge in [0.05, 0.1) is 5.69 Å². The molecule has 7 heteroatoms. The normalized spacial score (nSPS) is 11.1. The molecule has 0 radical (unpaired) electrons. The average Bonchev–Trinajstić information content (AvgIpc) is 2.83. The summed E-state index contributed by atoms with van der Waals surface area (Å²) < 4.78 is 6.10. The van der Waals surface area contributed by atoms with E-state index in [1.165, 1.54) is 0 Å². The van der Waals surface area contributed by atoms with E-state index in [1.807, 2.05) is 36.4 Å². The minimum Gasteiger partial charge on any atom is -0.490 e. The Labute approximate surface area is 215 Å². The smallest absolute Gasteiger partial charge is 0.248 e. The zero-order chi connectivity index (χ0) is 24.6. The van der Waals surface area contributed by atoms with Crippen LogP contribution in [0.2, 0.25) is 5.02 Å². The number of primary amides is 1. The Kier molecular flexibility index (Phi) is 13.6. The van der Waals surface area contributed by atoms with Gasteiger partial charge < -0.3 is 20.7 Å². The monoisotopic (exact) mass is 503 g/mol. The Morgan fingerprint density at radius 1 is 1.15 bits per heavy atom. The molecule has 0 spiro atoms. The molecular weight excluding hydrogens is 466 g/mol. The number of amides is 1. The number of nitrogens with zero attached hydrogens (tertiary/aromatic N) is 1. The third-order valence-electron chi connectivity index (χ3n) is 5.46. The molecule has 0 aliphatic carbocycles. The minimum atomic E-state index is -0.432. The minimum absolute atomic E-state index is 0.432. The number of carbonyl (C=O) groups excluding carboxylic acids is 1. The van der Waals surface area contributed by atoms with E-state index in [0.29, 0.717) is 18.7 Å². The average molecular weight is 504 g/mol. The molecule has 0 saturated heterocycles. The van der Waals surface area contributed by atoms with E-state index in [4.69, 9.17) is 22.1 Å². The predicted octanol–water partition coefficient (Wildman–Crippen LogP) is 5.87. The highest BCUT2D eigenvalue weighted by Crippen LogP contribution is 2.30. The van der Waals surface area contributed by atoms with E-state index in [0.717, 1.165) is 79.5 Å². The van der Waals surface area contributed by atoms with Crippen LogP contribution >= 0.6 is 24.2 Å². The van der Waals surface area contributed by atoms with Gasteiger partial charge in [0.15, 0.2) is 0 Å². The zero-order valence-corrected chi connectivity index (χ0v) is 21.8. The molecule has 0 heterocycles. The third-order valence-corrected chi connectivity index (χ3v) is 6.02. The lowest BCUT2D eigenvalue weighted by molar-refractivity contribution is 0.100. The fraction of sp³-hybridized carbons (Fsp3) is 0.444. The van der Waals surface area contributed by atoms with E-state index in [9.17, 15) is 4.79 Å². The van der Waals surface area contributed by atoms with Crippen LogP contribution in [0.4, 0.5) is 5.69 Å². The van der Waals surface area contributed by atoms with Crippen molar-refractivity contribution < 1.29 is 9.53 Å². The first-order valence-corrected chi connectivity index (χ1v) is 13.1. The Morgan fingerprint density at radius 2 is 1.94 bits per heavy atom. The molecule has 2 aromatic carbocycles. The number of hydrogen-bond acceptors (Lipinski definition) is 5. The summed E-state index contributed by atoms with van der Waals surface area (Å²) in [5, 5.41) is 4.11. The molecule has 1 amide bonds. The van der Waals surface area contributed by atoms with Gasteiger partial charge in [-0.25, -0.2) is 0 Å². The molecular formula is C27H38ClN3O2S. The number of allylic oxidation sites excluding steroid dienone is 2. The van der Waals surface area contributed by atoms with E-state index in [1.54, 1.807) is 6.07 Å². The van der Waals surface area contributed by atoms with Gasteiger partial charge in [-0.05, 0) is 80.7 Å². The standard InChI is InChI=1S/C27H38ClN3O2S/c1-2-31(16-8-6-4-3-5-7-9-18-34)25-20-23(27(29)32)13-14-26(25)33-17-15-30-21-22-11-10-12-24(28)19-22/h3,5,10-14,19-20,30,34H,2,4,6-9,15-18,21H2,1H3,(H2,29,32)/b5-3+. The van der Waals surface area contributed by atoms with E-state index in [-0.39, 0.29) is 0 Å². The number of ether oxygens (including phenoxy) is 1. The van der Waals surface area contributed by atoms with Crippen LogP contribution in [0.25, 0.3) is 0 Å². The topological polar surface area (TPSA) is 67.6 Å². The highest BCUT2D eigenvalue weighted by Gasteiger charge is 2.14. The Balaban J connectivity index is 1.90. The number of halogens is 1. The molecule has 186 valence electrons. The van der Waals surface area contributed by atoms with E-state index < -0.39 is 5.91 Å². The Bertz CT molecular complexity index is 907. The van der Waals surface area contributed by atoms with Crippen molar-refractivity contribution in [1.82, 2.24) is 5.32 Å². The summed E-state index contributed by atoms with van der Waals surface area (Å²) in [6.45, 7) is 5.76. The van der Waals surface area contributed by atoms with Crippen molar-refractivity contribution in [3.8, 4) is 5.75 Å². The number of nitrogens with one attached hydrogen (secondary N) is 1. The summed E-state index contributed by atoms with van der Waals surface area (Å²) in [6, 6.07) is 13.2. The van der Waals surface area contributed by atoms with Crippen LogP contribution in [0.1, 0.15) is 54.9 Å². The van der Waals surface area contributed by atoms with Crippen LogP contribution in [-0.4, -0.2) is 37.9 Å². The van der Waals surface area contributed by atoms with Crippen molar-refractivity contribution in [1.29, 1.82) is 0 Å². The van der Waals surface area contributed by atoms with Crippen molar-refractivity contribution >= 4 is 35.8 Å². The van der Waals surface area contributed by atoms with Gasteiger partial charge in [0.1, 0.15) is 12.4 Å². The van der Waals surface area contributed by atoms with Gasteiger partial charge in [0.2, 0.25) is 5.91 Å². The van der Waals surface area contributed by atoms with Crippen LogP contribution in [0.5, 0.6) is 5.75 Å². The number of anilines is 1. The van der Waals surface area contributed by atoms with Crippen molar-refractivity contribution in [3.05, 3.63) is 70.8 Å². The van der Waals surface area contributed by atoms with Gasteiger partial charge in [-0.15, -0.1) is 0 Å². The first kappa shape index (κ1) is 28.1. The summed E-state index contributed by atoms with van der Waals surface area (Å²) in [5.41, 5.74) is 8.08. The number of hydrogen-bond donors (Lipinski definition) is 3. The number of rotatable bonds is 17. The molecule has 3 N–H and O–H groups in total. The van der Waals surface area contributed by atoms with Crippen molar-refractivity contribution in [2.75, 3.05) is 36.9 Å². The molecule has 5 nitrogen and oxygen atoms in total. The number of unbranched alkanes of at least 4 members (excludes halogenated alkanes) is 3. The zero-order valence-electron chi connectivity index (χ0n) is 20.1. The van der Waals surface area contributed by atoms with Gasteiger partial charge in [0.25, 0.3) is 0 Å².